The van der Waals surface area contributed by atoms with Crippen LogP contribution in [-0.4, -0.2) is 11.4 Å². The standard InChI is InChI=1S/C20H10Cl6O2/c21-11-5-1-9(2-6-11)13-17(10-3-7-12(22)8-4-10)28-20(13)18(25)14(23)16(27)15(24)19(20)26/h1-8,13,17H. The number of hydrogen-bond donors (Lipinski definition) is 0. The first kappa shape index (κ1) is 20.6. The summed E-state index contributed by atoms with van der Waals surface area (Å²) in [5, 5.41) is 0.803. The Morgan fingerprint density at radius 1 is 0.679 bits per heavy atom. The van der Waals surface area contributed by atoms with Crippen molar-refractivity contribution in [2.75, 3.05) is 0 Å². The van der Waals surface area contributed by atoms with Gasteiger partial charge >= 0.3 is 0 Å². The topological polar surface area (TPSA) is 26.3 Å². The van der Waals surface area contributed by atoms with Crippen molar-refractivity contribution in [2.24, 2.45) is 0 Å². The maximum absolute atomic E-state index is 12.2. The molecule has 1 spiro atoms. The Kier molecular flexibility index (Phi) is 5.52. The van der Waals surface area contributed by atoms with Crippen molar-refractivity contribution >= 4 is 75.4 Å². The number of benzene rings is 2. The van der Waals surface area contributed by atoms with Gasteiger partial charge in [0.05, 0.1) is 22.1 Å². The highest BCUT2D eigenvalue weighted by molar-refractivity contribution is 6.61. The second-order valence-corrected chi connectivity index (χ2v) is 8.82. The third-order valence-corrected chi connectivity index (χ3v) is 7.28. The monoisotopic (exact) mass is 492 g/mol. The van der Waals surface area contributed by atoms with Gasteiger partial charge in [0, 0.05) is 10.0 Å². The maximum atomic E-state index is 12.2. The number of carbonyl (C=O) groups excluding carboxylic acids is 1. The van der Waals surface area contributed by atoms with Crippen molar-refractivity contribution in [1.29, 1.82) is 0 Å². The minimum Gasteiger partial charge on any atom is -0.354 e. The van der Waals surface area contributed by atoms with Gasteiger partial charge in [0.2, 0.25) is 5.78 Å². The van der Waals surface area contributed by atoms with Crippen LogP contribution in [0.1, 0.15) is 23.1 Å². The molecule has 8 heteroatoms. The number of hydrogen-bond acceptors (Lipinski definition) is 2. The maximum Gasteiger partial charge on any atom is 0.218 e. The summed E-state index contributed by atoms with van der Waals surface area (Å²) in [6.45, 7) is 0. The average molecular weight is 495 g/mol. The Morgan fingerprint density at radius 3 is 1.57 bits per heavy atom. The van der Waals surface area contributed by atoms with E-state index in [2.05, 4.69) is 0 Å². The summed E-state index contributed by atoms with van der Waals surface area (Å²) >= 11 is 37.4. The normalized spacial score (nSPS) is 24.0. The number of Topliss-reactive ketones (excluding diaryl/α,β-unsaturated/α-hetero) is 1. The van der Waals surface area contributed by atoms with Gasteiger partial charge in [-0.05, 0) is 35.4 Å². The number of ketones is 1. The van der Waals surface area contributed by atoms with E-state index in [9.17, 15) is 4.79 Å². The lowest BCUT2D eigenvalue weighted by Gasteiger charge is -2.56. The summed E-state index contributed by atoms with van der Waals surface area (Å²) in [4.78, 5) is 12.2. The highest BCUT2D eigenvalue weighted by Gasteiger charge is 2.64. The number of carbonyl (C=O) groups is 1. The number of rotatable bonds is 2. The van der Waals surface area contributed by atoms with Crippen LogP contribution in [0.5, 0.6) is 0 Å². The molecular formula is C20H10Cl6O2. The van der Waals surface area contributed by atoms with E-state index in [1.165, 1.54) is 0 Å². The summed E-state index contributed by atoms with van der Waals surface area (Å²) < 4.78 is 6.23. The van der Waals surface area contributed by atoms with Crippen LogP contribution in [0.2, 0.25) is 10.0 Å². The molecule has 144 valence electrons. The van der Waals surface area contributed by atoms with Crippen LogP contribution in [0.15, 0.2) is 68.7 Å². The van der Waals surface area contributed by atoms with Gasteiger partial charge in [-0.1, -0.05) is 93.9 Å². The summed E-state index contributed by atoms with van der Waals surface area (Å²) in [5.74, 6) is -1.01. The molecule has 0 amide bonds. The van der Waals surface area contributed by atoms with Crippen LogP contribution in [0, 0.1) is 0 Å². The van der Waals surface area contributed by atoms with E-state index >= 15 is 0 Å². The van der Waals surface area contributed by atoms with E-state index in [4.69, 9.17) is 74.3 Å². The van der Waals surface area contributed by atoms with Crippen molar-refractivity contribution in [2.45, 2.75) is 17.6 Å². The fourth-order valence-corrected chi connectivity index (χ4v) is 5.07. The predicted octanol–water partition coefficient (Wildman–Crippen LogP) is 7.55. The first-order chi connectivity index (χ1) is 13.3. The minimum atomic E-state index is -1.34. The Balaban J connectivity index is 1.89. The van der Waals surface area contributed by atoms with Crippen molar-refractivity contribution in [3.8, 4) is 0 Å². The summed E-state index contributed by atoms with van der Waals surface area (Å²) in [6.07, 6.45) is -0.414. The molecule has 2 aliphatic rings. The van der Waals surface area contributed by atoms with Crippen LogP contribution < -0.4 is 0 Å². The zero-order valence-electron chi connectivity index (χ0n) is 13.9. The molecule has 0 bridgehead atoms. The number of halogens is 6. The molecule has 28 heavy (non-hydrogen) atoms. The van der Waals surface area contributed by atoms with Crippen molar-refractivity contribution in [3.63, 3.8) is 0 Å². The number of allylic oxidation sites excluding steroid dienone is 2. The van der Waals surface area contributed by atoms with E-state index in [0.29, 0.717) is 10.0 Å². The molecule has 0 N–H and O–H groups in total. The highest BCUT2D eigenvalue weighted by atomic mass is 35.5. The van der Waals surface area contributed by atoms with E-state index < -0.39 is 17.5 Å². The Labute approximate surface area is 191 Å². The Morgan fingerprint density at radius 2 is 1.11 bits per heavy atom. The van der Waals surface area contributed by atoms with Crippen molar-refractivity contribution < 1.29 is 9.53 Å². The second-order valence-electron chi connectivity index (χ2n) is 6.44. The molecule has 0 radical (unpaired) electrons. The molecule has 2 nitrogen and oxygen atoms in total. The fraction of sp³-hybridized carbons (Fsp3) is 0.150. The molecule has 2 unspecified atom stereocenters. The lowest BCUT2D eigenvalue weighted by molar-refractivity contribution is -0.183. The van der Waals surface area contributed by atoms with E-state index in [-0.39, 0.29) is 26.0 Å². The molecule has 1 aliphatic heterocycles. The molecule has 2 aromatic carbocycles. The minimum absolute atomic E-state index is 0.0127. The molecular weight excluding hydrogens is 485 g/mol. The Hall–Kier alpha value is -0.710. The highest BCUT2D eigenvalue weighted by Crippen LogP contribution is 2.65. The summed E-state index contributed by atoms with van der Waals surface area (Å²) in [7, 11) is 0. The molecule has 0 aromatic heterocycles. The lowest BCUT2D eigenvalue weighted by atomic mass is 9.68. The van der Waals surface area contributed by atoms with Gasteiger partial charge in [0.1, 0.15) is 10.1 Å². The van der Waals surface area contributed by atoms with Crippen LogP contribution in [-0.2, 0) is 9.53 Å². The molecule has 1 aliphatic carbocycles. The smallest absolute Gasteiger partial charge is 0.218 e. The predicted molar refractivity (Wildman–Crippen MR) is 115 cm³/mol. The molecule has 1 heterocycles. The average Bonchev–Trinajstić information content (AvgIpc) is 2.67. The van der Waals surface area contributed by atoms with Crippen LogP contribution in [0.25, 0.3) is 0 Å². The van der Waals surface area contributed by atoms with Gasteiger partial charge in [-0.25, -0.2) is 0 Å². The SMILES string of the molecule is O=C1C(Cl)=C(Cl)C2(OC(c3ccc(Cl)cc3)C2c2ccc(Cl)cc2)C(Cl)=C1Cl. The Bertz CT molecular complexity index is 996. The van der Waals surface area contributed by atoms with Gasteiger partial charge in [-0.15, -0.1) is 0 Å². The summed E-state index contributed by atoms with van der Waals surface area (Å²) in [5.41, 5.74) is 0.381. The third kappa shape index (κ3) is 3.02. The van der Waals surface area contributed by atoms with Crippen molar-refractivity contribution in [1.82, 2.24) is 0 Å². The second kappa shape index (κ2) is 7.52. The third-order valence-electron chi connectivity index (χ3n) is 4.92. The summed E-state index contributed by atoms with van der Waals surface area (Å²) in [6, 6.07) is 14.5. The van der Waals surface area contributed by atoms with Gasteiger partial charge in [0.25, 0.3) is 0 Å². The van der Waals surface area contributed by atoms with Crippen LogP contribution in [0.4, 0.5) is 0 Å². The molecule has 2 aromatic rings. The lowest BCUT2D eigenvalue weighted by Crippen LogP contribution is -2.56. The van der Waals surface area contributed by atoms with E-state index in [0.717, 1.165) is 11.1 Å². The first-order valence-corrected chi connectivity index (χ1v) is 10.4. The van der Waals surface area contributed by atoms with Gasteiger partial charge < -0.3 is 4.74 Å². The van der Waals surface area contributed by atoms with Gasteiger partial charge in [-0.2, -0.15) is 0 Å². The molecule has 0 saturated carbocycles. The molecule has 2 atom stereocenters. The van der Waals surface area contributed by atoms with Gasteiger partial charge in [0.15, 0.2) is 5.60 Å². The zero-order valence-corrected chi connectivity index (χ0v) is 18.4. The van der Waals surface area contributed by atoms with E-state index in [1.54, 1.807) is 24.3 Å². The van der Waals surface area contributed by atoms with Crippen LogP contribution in [0.3, 0.4) is 0 Å². The van der Waals surface area contributed by atoms with Crippen LogP contribution >= 0.6 is 69.6 Å². The quantitative estimate of drug-likeness (QED) is 0.431. The molecule has 1 fully saturated rings. The molecule has 4 rings (SSSR count). The van der Waals surface area contributed by atoms with E-state index in [1.807, 2.05) is 24.3 Å². The van der Waals surface area contributed by atoms with Crippen molar-refractivity contribution in [3.05, 3.63) is 89.8 Å². The van der Waals surface area contributed by atoms with Gasteiger partial charge in [-0.3, -0.25) is 4.79 Å². The molecule has 1 saturated heterocycles. The largest absolute Gasteiger partial charge is 0.354 e. The first-order valence-electron chi connectivity index (χ1n) is 8.12. The fourth-order valence-electron chi connectivity index (χ4n) is 3.57. The zero-order chi connectivity index (χ0) is 20.2. The number of ether oxygens (including phenoxy) is 1.